The van der Waals surface area contributed by atoms with Gasteiger partial charge in [-0.2, -0.15) is 13.2 Å². The fourth-order valence-electron chi connectivity index (χ4n) is 3.70. The third-order valence-corrected chi connectivity index (χ3v) is 5.21. The summed E-state index contributed by atoms with van der Waals surface area (Å²) in [6, 6.07) is 10.2. The van der Waals surface area contributed by atoms with Gasteiger partial charge < -0.3 is 20.5 Å². The Hall–Kier alpha value is -3.82. The van der Waals surface area contributed by atoms with Crippen molar-refractivity contribution in [2.75, 3.05) is 6.61 Å². The first-order valence-electron chi connectivity index (χ1n) is 9.95. The number of carboxylic acid groups (broad SMARTS) is 1. The normalized spacial score (nSPS) is 14.4. The first kappa shape index (κ1) is 23.8. The number of aliphatic carboxylic acids is 1. The molecule has 2 unspecified atom stereocenters. The molecule has 1 aliphatic carbocycles. The molecule has 0 radical (unpaired) electrons. The summed E-state index contributed by atoms with van der Waals surface area (Å²) in [5.41, 5.74) is 3.61. The van der Waals surface area contributed by atoms with Crippen LogP contribution in [0.25, 0.3) is 11.1 Å². The quantitative estimate of drug-likeness (QED) is 0.520. The number of amides is 2. The van der Waals surface area contributed by atoms with Crippen LogP contribution in [0.2, 0.25) is 0 Å². The van der Waals surface area contributed by atoms with Gasteiger partial charge in [0.1, 0.15) is 12.6 Å². The van der Waals surface area contributed by atoms with E-state index in [9.17, 15) is 27.6 Å². The number of benzene rings is 2. The van der Waals surface area contributed by atoms with Crippen molar-refractivity contribution < 1.29 is 37.4 Å². The fraction of sp³-hybridized carbons (Fsp3) is 0.261. The van der Waals surface area contributed by atoms with Crippen molar-refractivity contribution in [3.63, 3.8) is 0 Å². The average molecular weight is 462 g/mol. The Kier molecular flexibility index (Phi) is 7.05. The number of carbonyl (C=O) groups is 3. The van der Waals surface area contributed by atoms with E-state index in [-0.39, 0.29) is 18.9 Å². The number of hydrogen-bond acceptors (Lipinski definition) is 4. The number of carbonyl (C=O) groups excluding carboxylic acids is 2. The fourth-order valence-corrected chi connectivity index (χ4v) is 3.70. The maximum absolute atomic E-state index is 13.4. The van der Waals surface area contributed by atoms with Crippen molar-refractivity contribution >= 4 is 18.0 Å². The number of ether oxygens (including phenoxy) is 1. The molecule has 0 aliphatic heterocycles. The molecular weight excluding hydrogens is 441 g/mol. The van der Waals surface area contributed by atoms with E-state index < -0.39 is 36.2 Å². The first-order valence-corrected chi connectivity index (χ1v) is 9.95. The number of alkyl carbamates (subject to hydrolysis) is 1. The molecule has 1 aliphatic rings. The van der Waals surface area contributed by atoms with Crippen molar-refractivity contribution in [2.45, 2.75) is 30.6 Å². The molecule has 0 saturated carbocycles. The molecule has 174 valence electrons. The Morgan fingerprint density at radius 3 is 2.06 bits per heavy atom. The second-order valence-electron chi connectivity index (χ2n) is 7.37. The maximum atomic E-state index is 13.4. The number of hydrogen-bond donors (Lipinski definition) is 3. The monoisotopic (exact) mass is 462 g/mol. The molecule has 33 heavy (non-hydrogen) atoms. The largest absolute Gasteiger partial charge is 0.480 e. The van der Waals surface area contributed by atoms with E-state index >= 15 is 0 Å². The Balaban J connectivity index is 1.70. The Bertz CT molecular complexity index is 1020. The van der Waals surface area contributed by atoms with E-state index in [0.29, 0.717) is 0 Å². The summed E-state index contributed by atoms with van der Waals surface area (Å²) < 4.78 is 45.3. The molecule has 0 heterocycles. The van der Waals surface area contributed by atoms with Crippen molar-refractivity contribution in [3.05, 3.63) is 72.3 Å². The predicted molar refractivity (Wildman–Crippen MR) is 112 cm³/mol. The molecule has 3 N–H and O–H groups in total. The van der Waals surface area contributed by atoms with E-state index in [4.69, 9.17) is 9.84 Å². The lowest BCUT2D eigenvalue weighted by Gasteiger charge is -2.23. The maximum Gasteiger partial charge on any atom is 0.417 e. The van der Waals surface area contributed by atoms with E-state index in [1.165, 1.54) is 5.32 Å². The van der Waals surface area contributed by atoms with Gasteiger partial charge in [-0.25, -0.2) is 9.59 Å². The summed E-state index contributed by atoms with van der Waals surface area (Å²) in [4.78, 5) is 35.4. The molecule has 0 spiro atoms. The van der Waals surface area contributed by atoms with Crippen molar-refractivity contribution in [2.24, 2.45) is 0 Å². The minimum Gasteiger partial charge on any atom is -0.480 e. The summed E-state index contributed by atoms with van der Waals surface area (Å²) in [6.45, 7) is 3.05. The average Bonchev–Trinajstić information content (AvgIpc) is 3.08. The summed E-state index contributed by atoms with van der Waals surface area (Å²) >= 11 is 0. The molecule has 2 amide bonds. The summed E-state index contributed by atoms with van der Waals surface area (Å²) in [5, 5.41) is 12.3. The molecule has 10 heteroatoms. The van der Waals surface area contributed by atoms with Gasteiger partial charge in [-0.1, -0.05) is 54.6 Å². The van der Waals surface area contributed by atoms with E-state index in [1.54, 1.807) is 5.32 Å². The summed E-state index contributed by atoms with van der Waals surface area (Å²) in [5.74, 6) is -3.64. The van der Waals surface area contributed by atoms with Crippen molar-refractivity contribution in [3.8, 4) is 11.1 Å². The lowest BCUT2D eigenvalue weighted by molar-refractivity contribution is -0.169. The molecule has 0 aromatic heterocycles. The lowest BCUT2D eigenvalue weighted by Crippen LogP contribution is -2.57. The minimum atomic E-state index is -5.17. The molecule has 0 bridgehead atoms. The van der Waals surface area contributed by atoms with Crippen molar-refractivity contribution in [1.29, 1.82) is 0 Å². The van der Waals surface area contributed by atoms with Crippen LogP contribution in [0.1, 0.15) is 23.5 Å². The zero-order valence-corrected chi connectivity index (χ0v) is 17.3. The van der Waals surface area contributed by atoms with E-state index in [2.05, 4.69) is 6.58 Å². The number of fused-ring (bicyclic) bond motifs is 3. The second-order valence-corrected chi connectivity index (χ2v) is 7.37. The first-order chi connectivity index (χ1) is 15.6. The highest BCUT2D eigenvalue weighted by Gasteiger charge is 2.47. The molecule has 2 aromatic carbocycles. The van der Waals surface area contributed by atoms with Gasteiger partial charge in [0, 0.05) is 5.92 Å². The number of alkyl halides is 3. The zero-order valence-electron chi connectivity index (χ0n) is 17.3. The van der Waals surface area contributed by atoms with Crippen LogP contribution in [0.15, 0.2) is 61.2 Å². The number of carboxylic acids is 1. The standard InChI is InChI=1S/C23H21F3N2O5/c1-2-7-18(21(30)31)27-20(29)19(23(24,25)26)28-22(32)33-12-17-15-10-5-3-8-13(15)14-9-4-6-11-16(14)17/h2-6,8-11,17-19H,1,7,12H2,(H,27,29)(H,28,32)(H,30,31). The highest BCUT2D eigenvalue weighted by atomic mass is 19.4. The van der Waals surface area contributed by atoms with Crippen LogP contribution in [0.4, 0.5) is 18.0 Å². The van der Waals surface area contributed by atoms with E-state index in [1.807, 2.05) is 48.5 Å². The predicted octanol–water partition coefficient (Wildman–Crippen LogP) is 3.60. The topological polar surface area (TPSA) is 105 Å². The second kappa shape index (κ2) is 9.76. The van der Waals surface area contributed by atoms with Gasteiger partial charge in [0.2, 0.25) is 6.04 Å². The van der Waals surface area contributed by atoms with Gasteiger partial charge in [-0.05, 0) is 28.7 Å². The molecule has 2 atom stereocenters. The van der Waals surface area contributed by atoms with Crippen LogP contribution in [-0.4, -0.2) is 47.9 Å². The Labute approximate surface area is 187 Å². The van der Waals surface area contributed by atoms with Crippen LogP contribution in [0.3, 0.4) is 0 Å². The van der Waals surface area contributed by atoms with Gasteiger partial charge in [-0.15, -0.1) is 6.58 Å². The minimum absolute atomic E-state index is 0.250. The van der Waals surface area contributed by atoms with Gasteiger partial charge in [0.25, 0.3) is 5.91 Å². The van der Waals surface area contributed by atoms with Crippen LogP contribution >= 0.6 is 0 Å². The van der Waals surface area contributed by atoms with Gasteiger partial charge in [-0.3, -0.25) is 4.79 Å². The molecule has 0 saturated heterocycles. The Morgan fingerprint density at radius 1 is 1.03 bits per heavy atom. The molecule has 3 rings (SSSR count). The number of halogens is 3. The molecule has 7 nitrogen and oxygen atoms in total. The lowest BCUT2D eigenvalue weighted by atomic mass is 9.98. The highest BCUT2D eigenvalue weighted by Crippen LogP contribution is 2.44. The van der Waals surface area contributed by atoms with Crippen LogP contribution in [0, 0.1) is 0 Å². The molecular formula is C23H21F3N2O5. The third kappa shape index (κ3) is 5.33. The van der Waals surface area contributed by atoms with Gasteiger partial charge in [0.05, 0.1) is 0 Å². The molecule has 0 fully saturated rings. The highest BCUT2D eigenvalue weighted by molar-refractivity contribution is 5.90. The van der Waals surface area contributed by atoms with Crippen molar-refractivity contribution in [1.82, 2.24) is 10.6 Å². The van der Waals surface area contributed by atoms with E-state index in [0.717, 1.165) is 28.3 Å². The Morgan fingerprint density at radius 2 is 1.58 bits per heavy atom. The van der Waals surface area contributed by atoms with Crippen LogP contribution in [-0.2, 0) is 14.3 Å². The third-order valence-electron chi connectivity index (χ3n) is 5.21. The molecule has 2 aromatic rings. The van der Waals surface area contributed by atoms with Gasteiger partial charge in [0.15, 0.2) is 0 Å². The summed E-state index contributed by atoms with van der Waals surface area (Å²) in [6.07, 6.45) is -5.78. The zero-order chi connectivity index (χ0) is 24.2. The van der Waals surface area contributed by atoms with Crippen LogP contribution in [0.5, 0.6) is 0 Å². The SMILES string of the molecule is C=CCC(NC(=O)C(NC(=O)OCC1c2ccccc2-c2ccccc21)C(F)(F)F)C(=O)O. The summed E-state index contributed by atoms with van der Waals surface area (Å²) in [7, 11) is 0. The number of nitrogens with one attached hydrogen (secondary N) is 2. The number of rotatable bonds is 8. The smallest absolute Gasteiger partial charge is 0.417 e. The van der Waals surface area contributed by atoms with Crippen LogP contribution < -0.4 is 10.6 Å². The van der Waals surface area contributed by atoms with Gasteiger partial charge >= 0.3 is 18.2 Å².